The van der Waals surface area contributed by atoms with Gasteiger partial charge in [-0.3, -0.25) is 0 Å². The van der Waals surface area contributed by atoms with E-state index in [9.17, 15) is 5.11 Å². The highest BCUT2D eigenvalue weighted by molar-refractivity contribution is 7.99. The maximum Gasteiger partial charge on any atom is 0.0991 e. The zero-order chi connectivity index (χ0) is 13.0. The van der Waals surface area contributed by atoms with Crippen molar-refractivity contribution < 1.29 is 5.11 Å². The van der Waals surface area contributed by atoms with E-state index in [1.54, 1.807) is 11.8 Å². The molecule has 98 valence electrons. The smallest absolute Gasteiger partial charge is 0.0991 e. The second-order valence-electron chi connectivity index (χ2n) is 3.91. The summed E-state index contributed by atoms with van der Waals surface area (Å²) in [4.78, 5) is 0. The first-order valence-electron chi connectivity index (χ1n) is 5.34. The Morgan fingerprint density at radius 3 is 2.53 bits per heavy atom. The number of aliphatic hydroxyl groups excluding tert-OH is 1. The summed E-state index contributed by atoms with van der Waals surface area (Å²) in [7, 11) is 0. The van der Waals surface area contributed by atoms with Gasteiger partial charge >= 0.3 is 0 Å². The van der Waals surface area contributed by atoms with Gasteiger partial charge < -0.3 is 10.4 Å². The van der Waals surface area contributed by atoms with E-state index in [4.69, 9.17) is 23.2 Å². The van der Waals surface area contributed by atoms with E-state index in [2.05, 4.69) is 19.2 Å². The number of hydrogen-bond acceptors (Lipinski definition) is 4. The minimum atomic E-state index is 0.127. The van der Waals surface area contributed by atoms with Gasteiger partial charge in [0.25, 0.3) is 0 Å². The molecule has 0 aliphatic heterocycles. The van der Waals surface area contributed by atoms with Crippen LogP contribution in [0.15, 0.2) is 6.07 Å². The fourth-order valence-corrected chi connectivity index (χ4v) is 3.96. The Morgan fingerprint density at radius 2 is 2.12 bits per heavy atom. The molecule has 0 radical (unpaired) electrons. The Hall–Kier alpha value is 0.550. The highest BCUT2D eigenvalue weighted by atomic mass is 35.5. The quantitative estimate of drug-likeness (QED) is 0.837. The number of thioether (sulfide) groups is 1. The molecule has 17 heavy (non-hydrogen) atoms. The Bertz CT molecular complexity index is 355. The van der Waals surface area contributed by atoms with Crippen LogP contribution in [0.25, 0.3) is 0 Å². The SMILES string of the molecule is CSC(CO)C(C)NC(C)c1cc(Cl)sc1Cl. The molecule has 0 saturated heterocycles. The van der Waals surface area contributed by atoms with Crippen molar-refractivity contribution in [2.75, 3.05) is 12.9 Å². The monoisotopic (exact) mass is 313 g/mol. The number of hydrogen-bond donors (Lipinski definition) is 2. The number of nitrogens with one attached hydrogen (secondary N) is 1. The standard InChI is InChI=1S/C11H17Cl2NOS2/c1-6(8-4-10(12)17-11(8)13)14-7(2)9(5-15)16-3/h4,6-7,9,14-15H,5H2,1-3H3. The van der Waals surface area contributed by atoms with E-state index >= 15 is 0 Å². The van der Waals surface area contributed by atoms with E-state index in [0.717, 1.165) is 9.90 Å². The molecule has 0 saturated carbocycles. The summed E-state index contributed by atoms with van der Waals surface area (Å²) in [5.74, 6) is 0. The predicted molar refractivity (Wildman–Crippen MR) is 79.7 cm³/mol. The molecule has 0 aliphatic carbocycles. The fourth-order valence-electron chi connectivity index (χ4n) is 1.68. The van der Waals surface area contributed by atoms with Gasteiger partial charge in [-0.2, -0.15) is 11.8 Å². The summed E-state index contributed by atoms with van der Waals surface area (Å²) in [6, 6.07) is 2.23. The molecule has 0 aromatic carbocycles. The third-order valence-electron chi connectivity index (χ3n) is 2.70. The highest BCUT2D eigenvalue weighted by Crippen LogP contribution is 2.35. The molecule has 3 unspecified atom stereocenters. The average Bonchev–Trinajstić information content (AvgIpc) is 2.59. The van der Waals surface area contributed by atoms with Crippen molar-refractivity contribution in [1.82, 2.24) is 5.32 Å². The molecule has 2 nitrogen and oxygen atoms in total. The van der Waals surface area contributed by atoms with Crippen molar-refractivity contribution in [1.29, 1.82) is 0 Å². The van der Waals surface area contributed by atoms with Gasteiger partial charge in [-0.25, -0.2) is 0 Å². The number of halogens is 2. The number of thiophene rings is 1. The lowest BCUT2D eigenvalue weighted by Gasteiger charge is -2.25. The van der Waals surface area contributed by atoms with Crippen LogP contribution in [0.2, 0.25) is 8.67 Å². The highest BCUT2D eigenvalue weighted by Gasteiger charge is 2.20. The Kier molecular flexibility index (Phi) is 6.62. The van der Waals surface area contributed by atoms with Crippen molar-refractivity contribution in [3.63, 3.8) is 0 Å². The van der Waals surface area contributed by atoms with Crippen LogP contribution in [0, 0.1) is 0 Å². The third-order valence-corrected chi connectivity index (χ3v) is 5.38. The number of rotatable bonds is 6. The van der Waals surface area contributed by atoms with E-state index in [1.165, 1.54) is 11.3 Å². The predicted octanol–water partition coefficient (Wildman–Crippen LogP) is 3.82. The van der Waals surface area contributed by atoms with Crippen molar-refractivity contribution in [3.8, 4) is 0 Å². The summed E-state index contributed by atoms with van der Waals surface area (Å²) in [6.07, 6.45) is 2.00. The van der Waals surface area contributed by atoms with Gasteiger partial charge in [-0.15, -0.1) is 11.3 Å². The van der Waals surface area contributed by atoms with E-state index in [-0.39, 0.29) is 23.9 Å². The molecule has 1 aromatic rings. The maximum atomic E-state index is 9.23. The average molecular weight is 314 g/mol. The molecule has 0 bridgehead atoms. The Morgan fingerprint density at radius 1 is 1.47 bits per heavy atom. The van der Waals surface area contributed by atoms with Gasteiger partial charge in [0.2, 0.25) is 0 Å². The van der Waals surface area contributed by atoms with E-state index in [0.29, 0.717) is 4.34 Å². The van der Waals surface area contributed by atoms with Gasteiger partial charge in [0.1, 0.15) is 0 Å². The minimum absolute atomic E-state index is 0.127. The summed E-state index contributed by atoms with van der Waals surface area (Å²) in [5, 5.41) is 12.9. The van der Waals surface area contributed by atoms with E-state index < -0.39 is 0 Å². The first kappa shape index (κ1) is 15.6. The van der Waals surface area contributed by atoms with Crippen molar-refractivity contribution in [2.45, 2.75) is 31.2 Å². The lowest BCUT2D eigenvalue weighted by molar-refractivity contribution is 0.272. The molecule has 0 spiro atoms. The van der Waals surface area contributed by atoms with Crippen LogP contribution >= 0.6 is 46.3 Å². The molecule has 3 atom stereocenters. The molecule has 0 fully saturated rings. The van der Waals surface area contributed by atoms with E-state index in [1.807, 2.05) is 12.3 Å². The maximum absolute atomic E-state index is 9.23. The van der Waals surface area contributed by atoms with Crippen molar-refractivity contribution in [2.24, 2.45) is 0 Å². The van der Waals surface area contributed by atoms with Crippen LogP contribution in [-0.4, -0.2) is 29.3 Å². The fraction of sp³-hybridized carbons (Fsp3) is 0.636. The number of aliphatic hydroxyl groups is 1. The third kappa shape index (κ3) is 4.30. The molecule has 1 heterocycles. The van der Waals surface area contributed by atoms with Gasteiger partial charge in [0, 0.05) is 17.3 Å². The topological polar surface area (TPSA) is 32.3 Å². The van der Waals surface area contributed by atoms with Crippen molar-refractivity contribution >= 4 is 46.3 Å². The molecular formula is C11H17Cl2NOS2. The normalized spacial score (nSPS) is 16.8. The zero-order valence-corrected chi connectivity index (χ0v) is 13.2. The van der Waals surface area contributed by atoms with Gasteiger partial charge in [0.15, 0.2) is 0 Å². The largest absolute Gasteiger partial charge is 0.395 e. The minimum Gasteiger partial charge on any atom is -0.395 e. The summed E-state index contributed by atoms with van der Waals surface area (Å²) >= 11 is 15.1. The second kappa shape index (κ2) is 7.22. The van der Waals surface area contributed by atoms with Gasteiger partial charge in [-0.05, 0) is 31.7 Å². The molecule has 1 rings (SSSR count). The molecular weight excluding hydrogens is 297 g/mol. The van der Waals surface area contributed by atoms with Gasteiger partial charge in [-0.1, -0.05) is 23.2 Å². The van der Waals surface area contributed by atoms with Crippen molar-refractivity contribution in [3.05, 3.63) is 20.3 Å². The molecule has 6 heteroatoms. The first-order valence-corrected chi connectivity index (χ1v) is 8.20. The van der Waals surface area contributed by atoms with Crippen LogP contribution in [0.4, 0.5) is 0 Å². The second-order valence-corrected chi connectivity index (χ2v) is 7.28. The molecule has 0 aliphatic rings. The van der Waals surface area contributed by atoms with Crippen LogP contribution in [0.1, 0.15) is 25.5 Å². The first-order chi connectivity index (χ1) is 7.99. The Balaban J connectivity index is 2.65. The molecule has 0 amide bonds. The van der Waals surface area contributed by atoms with Crippen LogP contribution in [0.5, 0.6) is 0 Å². The van der Waals surface area contributed by atoms with Crippen LogP contribution in [0.3, 0.4) is 0 Å². The zero-order valence-electron chi connectivity index (χ0n) is 10.0. The molecule has 2 N–H and O–H groups in total. The molecule has 1 aromatic heterocycles. The lowest BCUT2D eigenvalue weighted by atomic mass is 10.1. The van der Waals surface area contributed by atoms with Gasteiger partial charge in [0.05, 0.1) is 15.3 Å². The van der Waals surface area contributed by atoms with Crippen LogP contribution in [-0.2, 0) is 0 Å². The van der Waals surface area contributed by atoms with Crippen LogP contribution < -0.4 is 5.32 Å². The Labute approximate surface area is 121 Å². The summed E-state index contributed by atoms with van der Waals surface area (Å²) in [6.45, 7) is 4.28. The summed E-state index contributed by atoms with van der Waals surface area (Å²) < 4.78 is 1.43. The lowest BCUT2D eigenvalue weighted by Crippen LogP contribution is -2.38. The summed E-state index contributed by atoms with van der Waals surface area (Å²) in [5.41, 5.74) is 1.02.